The highest BCUT2D eigenvalue weighted by molar-refractivity contribution is 9.10. The number of Topliss-reactive ketones (excluding diaryl/α,β-unsaturated/α-hetero) is 1. The van der Waals surface area contributed by atoms with Crippen LogP contribution in [0.3, 0.4) is 0 Å². The van der Waals surface area contributed by atoms with Gasteiger partial charge in [-0.2, -0.15) is 0 Å². The Morgan fingerprint density at radius 3 is 2.60 bits per heavy atom. The van der Waals surface area contributed by atoms with E-state index >= 15 is 0 Å². The molecule has 2 aromatic carbocycles. The minimum Gasteiger partial charge on any atom is -0.494 e. The highest BCUT2D eigenvalue weighted by atomic mass is 79.9. The third kappa shape index (κ3) is 3.61. The second-order valence-corrected chi connectivity index (χ2v) is 5.95. The van der Waals surface area contributed by atoms with Crippen LogP contribution in [0.25, 0.3) is 0 Å². The minimum absolute atomic E-state index is 0.0639. The van der Waals surface area contributed by atoms with Gasteiger partial charge in [0.05, 0.1) is 18.4 Å². The number of hydrogen-bond donors (Lipinski definition) is 0. The summed E-state index contributed by atoms with van der Waals surface area (Å²) in [6.07, 6.45) is 0. The summed E-state index contributed by atoms with van der Waals surface area (Å²) < 4.78 is 19.8. The molecule has 0 saturated carbocycles. The number of methoxy groups -OCH3 is 1. The molecule has 2 nitrogen and oxygen atoms in total. The number of ether oxygens (including phenoxy) is 1. The van der Waals surface area contributed by atoms with Gasteiger partial charge in [0.25, 0.3) is 0 Å². The molecule has 2 rings (SSSR count). The Bertz CT molecular complexity index is 614. The minimum atomic E-state index is -0.601. The van der Waals surface area contributed by atoms with Crippen LogP contribution in [0.15, 0.2) is 51.8 Å². The molecule has 20 heavy (non-hydrogen) atoms. The first-order valence-electron chi connectivity index (χ1n) is 5.86. The Labute approximate surface area is 129 Å². The molecule has 0 fully saturated rings. The van der Waals surface area contributed by atoms with Crippen LogP contribution in [-0.4, -0.2) is 18.6 Å². The van der Waals surface area contributed by atoms with Crippen molar-refractivity contribution in [1.29, 1.82) is 0 Å². The van der Waals surface area contributed by atoms with Crippen LogP contribution in [0, 0.1) is 5.82 Å². The van der Waals surface area contributed by atoms with E-state index in [-0.39, 0.29) is 22.8 Å². The van der Waals surface area contributed by atoms with E-state index in [1.807, 2.05) is 24.3 Å². The van der Waals surface area contributed by atoms with Crippen molar-refractivity contribution in [3.8, 4) is 5.75 Å². The number of carbonyl (C=O) groups excluding carboxylic acids is 1. The van der Waals surface area contributed by atoms with E-state index in [1.54, 1.807) is 6.07 Å². The van der Waals surface area contributed by atoms with Gasteiger partial charge in [-0.15, -0.1) is 11.8 Å². The summed E-state index contributed by atoms with van der Waals surface area (Å²) in [6.45, 7) is 0. The van der Waals surface area contributed by atoms with Crippen molar-refractivity contribution in [1.82, 2.24) is 0 Å². The van der Waals surface area contributed by atoms with Gasteiger partial charge >= 0.3 is 0 Å². The van der Waals surface area contributed by atoms with E-state index in [4.69, 9.17) is 4.74 Å². The molecule has 0 unspecified atom stereocenters. The topological polar surface area (TPSA) is 26.3 Å². The van der Waals surface area contributed by atoms with Crippen LogP contribution in [0.1, 0.15) is 10.4 Å². The summed E-state index contributed by atoms with van der Waals surface area (Å²) in [4.78, 5) is 13.0. The lowest BCUT2D eigenvalue weighted by Crippen LogP contribution is -2.06. The highest BCUT2D eigenvalue weighted by Gasteiger charge is 2.15. The van der Waals surface area contributed by atoms with E-state index < -0.39 is 5.82 Å². The van der Waals surface area contributed by atoms with Gasteiger partial charge in [-0.25, -0.2) is 4.39 Å². The van der Waals surface area contributed by atoms with Crippen LogP contribution in [0.4, 0.5) is 4.39 Å². The van der Waals surface area contributed by atoms with E-state index in [0.717, 1.165) is 9.37 Å². The molecule has 5 heteroatoms. The van der Waals surface area contributed by atoms with E-state index in [2.05, 4.69) is 15.9 Å². The van der Waals surface area contributed by atoms with Crippen molar-refractivity contribution in [2.24, 2.45) is 0 Å². The number of rotatable bonds is 5. The van der Waals surface area contributed by atoms with Crippen LogP contribution in [0.2, 0.25) is 0 Å². The Kier molecular flexibility index (Phi) is 5.20. The summed E-state index contributed by atoms with van der Waals surface area (Å²) in [5, 5.41) is 0. The molecule has 0 aliphatic heterocycles. The molecular formula is C15H12BrFO2S. The lowest BCUT2D eigenvalue weighted by atomic mass is 10.1. The summed E-state index contributed by atoms with van der Waals surface area (Å²) in [5.74, 6) is -0.582. The molecular weight excluding hydrogens is 343 g/mol. The second kappa shape index (κ2) is 6.90. The maximum atomic E-state index is 13.9. The molecule has 0 aromatic heterocycles. The number of benzene rings is 2. The van der Waals surface area contributed by atoms with Crippen molar-refractivity contribution in [3.05, 3.63) is 58.3 Å². The predicted octanol–water partition coefficient (Wildman–Crippen LogP) is 4.57. The summed E-state index contributed by atoms with van der Waals surface area (Å²) in [7, 11) is 1.38. The van der Waals surface area contributed by atoms with Crippen molar-refractivity contribution in [3.63, 3.8) is 0 Å². The Balaban J connectivity index is 2.07. The molecule has 0 bridgehead atoms. The van der Waals surface area contributed by atoms with Gasteiger partial charge in [0, 0.05) is 9.37 Å². The molecule has 0 aliphatic carbocycles. The maximum Gasteiger partial charge on any atom is 0.176 e. The van der Waals surface area contributed by atoms with Crippen LogP contribution in [-0.2, 0) is 0 Å². The quantitative estimate of drug-likeness (QED) is 0.581. The third-order valence-electron chi connectivity index (χ3n) is 2.67. The lowest BCUT2D eigenvalue weighted by molar-refractivity contribution is 0.101. The van der Waals surface area contributed by atoms with Crippen molar-refractivity contribution >= 4 is 33.5 Å². The third-order valence-corrected chi connectivity index (χ3v) is 4.21. The van der Waals surface area contributed by atoms with Gasteiger partial charge in [-0.3, -0.25) is 4.79 Å². The van der Waals surface area contributed by atoms with Crippen molar-refractivity contribution in [2.45, 2.75) is 4.90 Å². The first kappa shape index (κ1) is 15.1. The van der Waals surface area contributed by atoms with Gasteiger partial charge in [0.15, 0.2) is 17.3 Å². The fourth-order valence-corrected chi connectivity index (χ4v) is 2.69. The Morgan fingerprint density at radius 1 is 1.25 bits per heavy atom. The Morgan fingerprint density at radius 2 is 1.95 bits per heavy atom. The van der Waals surface area contributed by atoms with Crippen LogP contribution >= 0.6 is 27.7 Å². The summed E-state index contributed by atoms with van der Waals surface area (Å²) in [5.41, 5.74) is 0.0639. The van der Waals surface area contributed by atoms with Crippen LogP contribution in [0.5, 0.6) is 5.75 Å². The molecule has 0 amide bonds. The van der Waals surface area contributed by atoms with Crippen LogP contribution < -0.4 is 4.74 Å². The largest absolute Gasteiger partial charge is 0.494 e. The lowest BCUT2D eigenvalue weighted by Gasteiger charge is -2.06. The number of halogens is 2. The van der Waals surface area contributed by atoms with E-state index in [0.29, 0.717) is 0 Å². The van der Waals surface area contributed by atoms with E-state index in [1.165, 1.54) is 31.0 Å². The smallest absolute Gasteiger partial charge is 0.176 e. The molecule has 104 valence electrons. The standard InChI is InChI=1S/C15H12BrFO2S/c1-19-14-4-2-3-12(15(14)17)13(18)9-20-11-7-5-10(16)6-8-11/h2-8H,9H2,1H3. The fourth-order valence-electron chi connectivity index (χ4n) is 1.64. The molecule has 0 atom stereocenters. The average molecular weight is 355 g/mol. The monoisotopic (exact) mass is 354 g/mol. The normalized spacial score (nSPS) is 10.3. The molecule has 0 N–H and O–H groups in total. The number of thioether (sulfide) groups is 1. The zero-order valence-electron chi connectivity index (χ0n) is 10.7. The highest BCUT2D eigenvalue weighted by Crippen LogP contribution is 2.24. The molecule has 2 aromatic rings. The molecule has 0 aliphatic rings. The molecule has 0 heterocycles. The first-order valence-corrected chi connectivity index (χ1v) is 7.63. The summed E-state index contributed by atoms with van der Waals surface area (Å²) in [6, 6.07) is 12.2. The predicted molar refractivity (Wildman–Crippen MR) is 82.1 cm³/mol. The van der Waals surface area contributed by atoms with E-state index in [9.17, 15) is 9.18 Å². The van der Waals surface area contributed by atoms with Crippen molar-refractivity contribution < 1.29 is 13.9 Å². The van der Waals surface area contributed by atoms with Crippen molar-refractivity contribution in [2.75, 3.05) is 12.9 Å². The van der Waals surface area contributed by atoms with Gasteiger partial charge in [-0.1, -0.05) is 22.0 Å². The average Bonchev–Trinajstić information content (AvgIpc) is 2.46. The Hall–Kier alpha value is -1.33. The van der Waals surface area contributed by atoms with Gasteiger partial charge in [0.1, 0.15) is 0 Å². The number of hydrogen-bond acceptors (Lipinski definition) is 3. The second-order valence-electron chi connectivity index (χ2n) is 3.99. The first-order chi connectivity index (χ1) is 9.61. The summed E-state index contributed by atoms with van der Waals surface area (Å²) >= 11 is 4.72. The van der Waals surface area contributed by atoms with Gasteiger partial charge in [0.2, 0.25) is 0 Å². The molecule has 0 radical (unpaired) electrons. The zero-order chi connectivity index (χ0) is 14.5. The van der Waals surface area contributed by atoms with Gasteiger partial charge in [-0.05, 0) is 36.4 Å². The number of carbonyl (C=O) groups is 1. The fraction of sp³-hybridized carbons (Fsp3) is 0.133. The zero-order valence-corrected chi connectivity index (χ0v) is 13.1. The van der Waals surface area contributed by atoms with Gasteiger partial charge < -0.3 is 4.74 Å². The molecule has 0 saturated heterocycles. The number of ketones is 1. The SMILES string of the molecule is COc1cccc(C(=O)CSc2ccc(Br)cc2)c1F. The molecule has 0 spiro atoms. The maximum absolute atomic E-state index is 13.9.